The highest BCUT2D eigenvalue weighted by atomic mass is 16.5. The Balaban J connectivity index is 1.55. The fraction of sp³-hybridized carbons (Fsp3) is 0.333. The van der Waals surface area contributed by atoms with Gasteiger partial charge in [-0.25, -0.2) is 0 Å². The van der Waals surface area contributed by atoms with Gasteiger partial charge in [0.05, 0.1) is 19.7 Å². The highest BCUT2D eigenvalue weighted by molar-refractivity contribution is 5.55. The van der Waals surface area contributed by atoms with E-state index in [2.05, 4.69) is 45.5 Å². The zero-order valence-electron chi connectivity index (χ0n) is 15.7. The maximum absolute atomic E-state index is 5.56. The zero-order chi connectivity index (χ0) is 18.6. The molecule has 0 radical (unpaired) electrons. The molecule has 1 saturated heterocycles. The average Bonchev–Trinajstić information content (AvgIpc) is 3.17. The summed E-state index contributed by atoms with van der Waals surface area (Å²) < 4.78 is 11.1. The summed E-state index contributed by atoms with van der Waals surface area (Å²) in [6.07, 6.45) is 0. The number of methoxy groups -OCH3 is 1. The van der Waals surface area contributed by atoms with Crippen molar-refractivity contribution in [2.45, 2.75) is 19.5 Å². The Bertz CT molecular complexity index is 908. The molecule has 1 unspecified atom stereocenters. The summed E-state index contributed by atoms with van der Waals surface area (Å²) in [5.41, 5.74) is 3.33. The van der Waals surface area contributed by atoms with Gasteiger partial charge < -0.3 is 14.6 Å². The van der Waals surface area contributed by atoms with E-state index < -0.39 is 0 Å². The first kappa shape index (κ1) is 17.7. The van der Waals surface area contributed by atoms with E-state index in [0.29, 0.717) is 18.3 Å². The molecule has 1 aromatic heterocycles. The molecule has 0 aliphatic carbocycles. The monoisotopic (exact) mass is 364 g/mol. The standard InChI is InChI=1S/C21H24N4O2/c1-15-6-5-7-16(12-15)21-23-20(27-24-21)14-25-11-10-22-13-18(25)17-8-3-4-9-19(17)26-2/h3-9,12,18,22H,10-11,13-14H2,1-2H3. The summed E-state index contributed by atoms with van der Waals surface area (Å²) in [6.45, 7) is 5.38. The van der Waals surface area contributed by atoms with E-state index in [1.807, 2.05) is 30.3 Å². The lowest BCUT2D eigenvalue weighted by Gasteiger charge is -2.36. The van der Waals surface area contributed by atoms with Gasteiger partial charge in [-0.2, -0.15) is 4.98 Å². The van der Waals surface area contributed by atoms with Crippen molar-refractivity contribution < 1.29 is 9.26 Å². The van der Waals surface area contributed by atoms with Gasteiger partial charge in [0.15, 0.2) is 0 Å². The Kier molecular flexibility index (Phi) is 5.18. The highest BCUT2D eigenvalue weighted by Gasteiger charge is 2.27. The third kappa shape index (κ3) is 3.86. The van der Waals surface area contributed by atoms with Gasteiger partial charge in [0.25, 0.3) is 0 Å². The lowest BCUT2D eigenvalue weighted by atomic mass is 10.0. The smallest absolute Gasteiger partial charge is 0.241 e. The second-order valence-electron chi connectivity index (χ2n) is 6.81. The van der Waals surface area contributed by atoms with Gasteiger partial charge >= 0.3 is 0 Å². The van der Waals surface area contributed by atoms with Gasteiger partial charge in [-0.05, 0) is 19.1 Å². The van der Waals surface area contributed by atoms with Crippen LogP contribution in [-0.4, -0.2) is 41.8 Å². The molecular weight excluding hydrogens is 340 g/mol. The minimum Gasteiger partial charge on any atom is -0.496 e. The third-order valence-corrected chi connectivity index (χ3v) is 4.93. The molecule has 0 saturated carbocycles. The minimum absolute atomic E-state index is 0.198. The molecule has 0 spiro atoms. The molecule has 140 valence electrons. The van der Waals surface area contributed by atoms with Gasteiger partial charge in [-0.1, -0.05) is 47.1 Å². The summed E-state index contributed by atoms with van der Waals surface area (Å²) in [6, 6.07) is 16.5. The number of hydrogen-bond donors (Lipinski definition) is 1. The molecule has 4 rings (SSSR count). The number of piperazine rings is 1. The van der Waals surface area contributed by atoms with Crippen LogP contribution in [0.2, 0.25) is 0 Å². The van der Waals surface area contributed by atoms with Crippen LogP contribution in [0.25, 0.3) is 11.4 Å². The fourth-order valence-corrected chi connectivity index (χ4v) is 3.58. The number of aryl methyl sites for hydroxylation is 1. The van der Waals surface area contributed by atoms with Crippen molar-refractivity contribution >= 4 is 0 Å². The van der Waals surface area contributed by atoms with Gasteiger partial charge in [-0.15, -0.1) is 0 Å². The van der Waals surface area contributed by atoms with E-state index in [0.717, 1.165) is 30.9 Å². The number of rotatable bonds is 5. The number of hydrogen-bond acceptors (Lipinski definition) is 6. The van der Waals surface area contributed by atoms with Crippen LogP contribution < -0.4 is 10.1 Å². The molecule has 1 fully saturated rings. The molecule has 6 heteroatoms. The molecule has 0 bridgehead atoms. The Labute approximate surface area is 159 Å². The second-order valence-corrected chi connectivity index (χ2v) is 6.81. The number of nitrogens with one attached hydrogen (secondary N) is 1. The van der Waals surface area contributed by atoms with Crippen LogP contribution in [0.1, 0.15) is 23.1 Å². The third-order valence-electron chi connectivity index (χ3n) is 4.93. The molecular formula is C21H24N4O2. The summed E-state index contributed by atoms with van der Waals surface area (Å²) in [5, 5.41) is 7.65. The lowest BCUT2D eigenvalue weighted by Crippen LogP contribution is -2.45. The topological polar surface area (TPSA) is 63.4 Å². The summed E-state index contributed by atoms with van der Waals surface area (Å²) in [5.74, 6) is 2.17. The molecule has 0 amide bonds. The molecule has 1 atom stereocenters. The first-order valence-electron chi connectivity index (χ1n) is 9.22. The van der Waals surface area contributed by atoms with Crippen molar-refractivity contribution in [1.82, 2.24) is 20.4 Å². The molecule has 3 aromatic rings. The first-order valence-corrected chi connectivity index (χ1v) is 9.22. The maximum Gasteiger partial charge on any atom is 0.241 e. The normalized spacial score (nSPS) is 17.8. The largest absolute Gasteiger partial charge is 0.496 e. The Hall–Kier alpha value is -2.70. The van der Waals surface area contributed by atoms with E-state index in [-0.39, 0.29) is 6.04 Å². The number of aromatic nitrogens is 2. The van der Waals surface area contributed by atoms with Crippen molar-refractivity contribution in [2.24, 2.45) is 0 Å². The SMILES string of the molecule is COc1ccccc1C1CNCCN1Cc1nc(-c2cccc(C)c2)no1. The molecule has 1 N–H and O–H groups in total. The van der Waals surface area contributed by atoms with Gasteiger partial charge in [0.1, 0.15) is 5.75 Å². The van der Waals surface area contributed by atoms with E-state index in [1.54, 1.807) is 7.11 Å². The Morgan fingerprint density at radius 2 is 2.11 bits per heavy atom. The van der Waals surface area contributed by atoms with E-state index in [4.69, 9.17) is 9.26 Å². The van der Waals surface area contributed by atoms with Gasteiger partial charge in [0, 0.05) is 30.8 Å². The van der Waals surface area contributed by atoms with Gasteiger partial charge in [0.2, 0.25) is 11.7 Å². The Morgan fingerprint density at radius 1 is 1.22 bits per heavy atom. The summed E-state index contributed by atoms with van der Waals surface area (Å²) >= 11 is 0. The number of benzene rings is 2. The molecule has 2 aromatic carbocycles. The quantitative estimate of drug-likeness (QED) is 0.750. The second kappa shape index (κ2) is 7.90. The maximum atomic E-state index is 5.56. The predicted molar refractivity (Wildman–Crippen MR) is 103 cm³/mol. The van der Waals surface area contributed by atoms with E-state index >= 15 is 0 Å². The zero-order valence-corrected chi connectivity index (χ0v) is 15.7. The van der Waals surface area contributed by atoms with Gasteiger partial charge in [-0.3, -0.25) is 4.90 Å². The highest BCUT2D eigenvalue weighted by Crippen LogP contribution is 2.31. The van der Waals surface area contributed by atoms with Crippen molar-refractivity contribution in [3.05, 3.63) is 65.5 Å². The van der Waals surface area contributed by atoms with Crippen molar-refractivity contribution in [3.8, 4) is 17.1 Å². The average molecular weight is 364 g/mol. The molecule has 2 heterocycles. The number of ether oxygens (including phenoxy) is 1. The first-order chi connectivity index (χ1) is 13.2. The van der Waals surface area contributed by atoms with E-state index in [9.17, 15) is 0 Å². The Morgan fingerprint density at radius 3 is 2.96 bits per heavy atom. The van der Waals surface area contributed by atoms with Crippen molar-refractivity contribution in [3.63, 3.8) is 0 Å². The van der Waals surface area contributed by atoms with Crippen LogP contribution in [0.4, 0.5) is 0 Å². The number of para-hydroxylation sites is 1. The summed E-state index contributed by atoms with van der Waals surface area (Å²) in [7, 11) is 1.71. The van der Waals surface area contributed by atoms with Crippen LogP contribution in [-0.2, 0) is 6.54 Å². The van der Waals surface area contributed by atoms with Crippen LogP contribution in [0.5, 0.6) is 5.75 Å². The lowest BCUT2D eigenvalue weighted by molar-refractivity contribution is 0.133. The van der Waals surface area contributed by atoms with Crippen LogP contribution in [0, 0.1) is 6.92 Å². The van der Waals surface area contributed by atoms with Crippen LogP contribution >= 0.6 is 0 Å². The molecule has 27 heavy (non-hydrogen) atoms. The van der Waals surface area contributed by atoms with Crippen molar-refractivity contribution in [1.29, 1.82) is 0 Å². The fourth-order valence-electron chi connectivity index (χ4n) is 3.58. The molecule has 1 aliphatic rings. The minimum atomic E-state index is 0.198. The summed E-state index contributed by atoms with van der Waals surface area (Å²) in [4.78, 5) is 6.98. The molecule has 6 nitrogen and oxygen atoms in total. The predicted octanol–water partition coefficient (Wildman–Crippen LogP) is 3.20. The van der Waals surface area contributed by atoms with Crippen LogP contribution in [0.3, 0.4) is 0 Å². The molecule has 1 aliphatic heterocycles. The van der Waals surface area contributed by atoms with Crippen LogP contribution in [0.15, 0.2) is 53.1 Å². The number of nitrogens with zero attached hydrogens (tertiary/aromatic N) is 3. The van der Waals surface area contributed by atoms with Crippen molar-refractivity contribution in [2.75, 3.05) is 26.7 Å². The van der Waals surface area contributed by atoms with E-state index in [1.165, 1.54) is 11.1 Å².